The minimum absolute atomic E-state index is 0.0742. The van der Waals surface area contributed by atoms with E-state index in [1.807, 2.05) is 6.07 Å². The highest BCUT2D eigenvalue weighted by atomic mass is 32.2. The summed E-state index contributed by atoms with van der Waals surface area (Å²) in [6.07, 6.45) is 11.1. The molecule has 0 saturated carbocycles. The van der Waals surface area contributed by atoms with E-state index in [0.29, 0.717) is 38.9 Å². The minimum atomic E-state index is -3.47. The molecule has 0 amide bonds. The van der Waals surface area contributed by atoms with E-state index in [0.717, 1.165) is 31.5 Å². The van der Waals surface area contributed by atoms with Crippen molar-refractivity contribution in [3.05, 3.63) is 77.9 Å². The van der Waals surface area contributed by atoms with Crippen LogP contribution in [0.2, 0.25) is 0 Å². The van der Waals surface area contributed by atoms with E-state index in [9.17, 15) is 12.8 Å². The van der Waals surface area contributed by atoms with Crippen molar-refractivity contribution >= 4 is 32.1 Å². The topological polar surface area (TPSA) is 145 Å². The lowest BCUT2D eigenvalue weighted by molar-refractivity contribution is 0.220. The summed E-state index contributed by atoms with van der Waals surface area (Å²) in [4.78, 5) is 23.4. The van der Waals surface area contributed by atoms with Crippen molar-refractivity contribution in [1.82, 2.24) is 44.7 Å². The number of fused-ring (bicyclic) bond motifs is 2. The van der Waals surface area contributed by atoms with Gasteiger partial charge in [-0.15, -0.1) is 0 Å². The fraction of sp³-hybridized carbons (Fsp3) is 0.258. The molecule has 11 nitrogen and oxygen atoms in total. The summed E-state index contributed by atoms with van der Waals surface area (Å²) >= 11 is 0. The van der Waals surface area contributed by atoms with Gasteiger partial charge in [0.1, 0.15) is 22.7 Å². The molecule has 0 atom stereocenters. The van der Waals surface area contributed by atoms with Crippen LogP contribution in [0.1, 0.15) is 30.4 Å². The zero-order chi connectivity index (χ0) is 31.1. The van der Waals surface area contributed by atoms with Crippen LogP contribution in [0.3, 0.4) is 0 Å². The van der Waals surface area contributed by atoms with Crippen molar-refractivity contribution in [3.8, 4) is 33.9 Å². The number of aromatic nitrogens is 7. The molecule has 3 N–H and O–H groups in total. The van der Waals surface area contributed by atoms with Crippen LogP contribution in [-0.2, 0) is 23.1 Å². The highest BCUT2D eigenvalue weighted by Crippen LogP contribution is 2.34. The SMILES string of the molecule is CS(=O)(=O)NCc1cc(F)cc(-c2ccnc3[nH]c(-c4n[nH]c5cnc(-c6cncc(CN7CCCCC7)c6)c(F)c45)nc23)c1. The molecule has 6 aromatic rings. The Bertz CT molecular complexity index is 2160. The highest BCUT2D eigenvalue weighted by Gasteiger charge is 2.22. The molecule has 7 rings (SSSR count). The van der Waals surface area contributed by atoms with Crippen LogP contribution in [0, 0.1) is 11.6 Å². The predicted molar refractivity (Wildman–Crippen MR) is 166 cm³/mol. The van der Waals surface area contributed by atoms with Crippen LogP contribution in [0.5, 0.6) is 0 Å². The number of rotatable bonds is 8. The van der Waals surface area contributed by atoms with Gasteiger partial charge in [0.15, 0.2) is 17.3 Å². The molecule has 1 aliphatic rings. The largest absolute Gasteiger partial charge is 0.321 e. The summed E-state index contributed by atoms with van der Waals surface area (Å²) in [5, 5.41) is 7.41. The van der Waals surface area contributed by atoms with E-state index in [1.165, 1.54) is 37.6 Å². The smallest absolute Gasteiger partial charge is 0.209 e. The number of imidazole rings is 1. The number of piperidine rings is 1. The van der Waals surface area contributed by atoms with Gasteiger partial charge in [0.05, 0.1) is 23.4 Å². The van der Waals surface area contributed by atoms with Gasteiger partial charge in [-0.2, -0.15) is 5.10 Å². The van der Waals surface area contributed by atoms with Gasteiger partial charge in [-0.25, -0.2) is 31.9 Å². The molecule has 45 heavy (non-hydrogen) atoms. The first-order valence-corrected chi connectivity index (χ1v) is 16.4. The Morgan fingerprint density at radius 1 is 0.956 bits per heavy atom. The second-order valence-electron chi connectivity index (χ2n) is 11.3. The third-order valence-corrected chi connectivity index (χ3v) is 8.55. The summed E-state index contributed by atoms with van der Waals surface area (Å²) in [5.74, 6) is -0.831. The Morgan fingerprint density at radius 3 is 2.60 bits per heavy atom. The number of likely N-dealkylation sites (tertiary alicyclic amines) is 1. The van der Waals surface area contributed by atoms with Crippen LogP contribution in [0.4, 0.5) is 8.78 Å². The van der Waals surface area contributed by atoms with E-state index < -0.39 is 21.7 Å². The Morgan fingerprint density at radius 2 is 1.78 bits per heavy atom. The van der Waals surface area contributed by atoms with Gasteiger partial charge in [0, 0.05) is 42.8 Å². The van der Waals surface area contributed by atoms with Crippen molar-refractivity contribution in [3.63, 3.8) is 0 Å². The first kappa shape index (κ1) is 29.1. The van der Waals surface area contributed by atoms with Crippen molar-refractivity contribution in [2.45, 2.75) is 32.4 Å². The fourth-order valence-electron chi connectivity index (χ4n) is 5.81. The zero-order valence-corrected chi connectivity index (χ0v) is 25.1. The predicted octanol–water partition coefficient (Wildman–Crippen LogP) is 4.94. The van der Waals surface area contributed by atoms with Crippen LogP contribution in [0.15, 0.2) is 55.1 Å². The molecule has 1 fully saturated rings. The maximum absolute atomic E-state index is 16.3. The number of nitrogens with one attached hydrogen (secondary N) is 3. The zero-order valence-electron chi connectivity index (χ0n) is 24.3. The summed E-state index contributed by atoms with van der Waals surface area (Å²) in [7, 11) is -3.47. The molecule has 0 spiro atoms. The Balaban J connectivity index is 1.26. The van der Waals surface area contributed by atoms with Crippen molar-refractivity contribution in [2.24, 2.45) is 0 Å². The summed E-state index contributed by atoms with van der Waals surface area (Å²) < 4.78 is 56.4. The monoisotopic (exact) mass is 629 g/mol. The molecule has 6 heterocycles. The number of hydrogen-bond acceptors (Lipinski definition) is 8. The van der Waals surface area contributed by atoms with Crippen LogP contribution in [0.25, 0.3) is 56.0 Å². The minimum Gasteiger partial charge on any atom is -0.321 e. The normalized spacial score (nSPS) is 14.5. The Kier molecular flexibility index (Phi) is 7.55. The lowest BCUT2D eigenvalue weighted by Gasteiger charge is -2.26. The van der Waals surface area contributed by atoms with Crippen LogP contribution < -0.4 is 4.72 Å². The number of hydrogen-bond donors (Lipinski definition) is 3. The maximum Gasteiger partial charge on any atom is 0.209 e. The second-order valence-corrected chi connectivity index (χ2v) is 13.1. The standard InChI is InChI=1S/C31H29F2N9O2S/c1-45(43,44)37-14-18-9-20(12-22(32)11-18)23-5-6-35-30-28(23)38-31(39-30)29-25-24(40-41-29)16-36-27(26(25)33)21-10-19(13-34-15-21)17-42-7-3-2-4-8-42/h5-6,9-13,15-16,37H,2-4,7-8,14,17H2,1H3,(H,40,41)(H,35,38,39). The van der Waals surface area contributed by atoms with Crippen molar-refractivity contribution < 1.29 is 17.2 Å². The molecule has 14 heteroatoms. The number of halogens is 2. The summed E-state index contributed by atoms with van der Waals surface area (Å²) in [5.41, 5.74) is 4.63. The quantitative estimate of drug-likeness (QED) is 0.215. The molecule has 1 saturated heterocycles. The number of H-pyrrole nitrogens is 2. The third kappa shape index (κ3) is 6.03. The molecule has 230 valence electrons. The van der Waals surface area contributed by atoms with E-state index in [4.69, 9.17) is 4.98 Å². The van der Waals surface area contributed by atoms with Gasteiger partial charge in [0.25, 0.3) is 0 Å². The highest BCUT2D eigenvalue weighted by molar-refractivity contribution is 7.88. The van der Waals surface area contributed by atoms with Gasteiger partial charge >= 0.3 is 0 Å². The molecular weight excluding hydrogens is 600 g/mol. The van der Waals surface area contributed by atoms with Gasteiger partial charge in [-0.05, 0) is 73.0 Å². The molecule has 5 aromatic heterocycles. The van der Waals surface area contributed by atoms with Gasteiger partial charge in [0.2, 0.25) is 10.0 Å². The number of aromatic amines is 2. The van der Waals surface area contributed by atoms with E-state index in [2.05, 4.69) is 39.8 Å². The van der Waals surface area contributed by atoms with Crippen molar-refractivity contribution in [2.75, 3.05) is 19.3 Å². The molecule has 0 aliphatic carbocycles. The van der Waals surface area contributed by atoms with E-state index in [1.54, 1.807) is 30.7 Å². The molecule has 1 aromatic carbocycles. The number of pyridine rings is 3. The third-order valence-electron chi connectivity index (χ3n) is 7.88. The van der Waals surface area contributed by atoms with E-state index in [-0.39, 0.29) is 29.1 Å². The van der Waals surface area contributed by atoms with Gasteiger partial charge < -0.3 is 4.98 Å². The second kappa shape index (κ2) is 11.7. The number of benzene rings is 1. The summed E-state index contributed by atoms with van der Waals surface area (Å²) in [6, 6.07) is 7.89. The Hall–Kier alpha value is -4.66. The van der Waals surface area contributed by atoms with Gasteiger partial charge in [-0.1, -0.05) is 6.42 Å². The van der Waals surface area contributed by atoms with Crippen LogP contribution >= 0.6 is 0 Å². The average molecular weight is 630 g/mol. The molecule has 0 bridgehead atoms. The summed E-state index contributed by atoms with van der Waals surface area (Å²) in [6.45, 7) is 2.75. The Labute approximate surface area is 257 Å². The first-order valence-electron chi connectivity index (χ1n) is 14.5. The molecule has 1 aliphatic heterocycles. The molecular formula is C31H29F2N9O2S. The molecule has 0 radical (unpaired) electrons. The van der Waals surface area contributed by atoms with Gasteiger partial charge in [-0.3, -0.25) is 20.0 Å². The maximum atomic E-state index is 16.3. The lowest BCUT2D eigenvalue weighted by Crippen LogP contribution is -2.29. The number of sulfonamides is 1. The number of nitrogens with zero attached hydrogens (tertiary/aromatic N) is 6. The lowest BCUT2D eigenvalue weighted by atomic mass is 10.0. The first-order chi connectivity index (χ1) is 21.7. The van der Waals surface area contributed by atoms with E-state index >= 15 is 4.39 Å². The average Bonchev–Trinajstić information content (AvgIpc) is 3.65. The molecule has 0 unspecified atom stereocenters. The van der Waals surface area contributed by atoms with Crippen molar-refractivity contribution in [1.29, 1.82) is 0 Å². The fourth-order valence-corrected chi connectivity index (χ4v) is 6.23. The van der Waals surface area contributed by atoms with Crippen LogP contribution in [-0.4, -0.2) is 67.8 Å².